The fourth-order valence-corrected chi connectivity index (χ4v) is 5.31. The summed E-state index contributed by atoms with van der Waals surface area (Å²) in [6.45, 7) is -0.164. The normalized spacial score (nSPS) is 20.5. The first kappa shape index (κ1) is 27.7. The van der Waals surface area contributed by atoms with Gasteiger partial charge in [-0.15, -0.1) is 5.10 Å². The number of nitrogens with zero attached hydrogens (tertiary/aromatic N) is 4. The van der Waals surface area contributed by atoms with Crippen molar-refractivity contribution < 1.29 is 23.9 Å². The van der Waals surface area contributed by atoms with Crippen molar-refractivity contribution in [2.75, 3.05) is 12.4 Å². The maximum absolute atomic E-state index is 13.2. The van der Waals surface area contributed by atoms with E-state index in [2.05, 4.69) is 31.0 Å². The van der Waals surface area contributed by atoms with Crippen LogP contribution in [0.1, 0.15) is 49.0 Å². The number of fused-ring (bicyclic) bond motifs is 2. The fourth-order valence-electron chi connectivity index (χ4n) is 5.31. The molecule has 2 aliphatic rings. The molecule has 0 radical (unpaired) electrons. The minimum atomic E-state index is -1.05. The lowest BCUT2D eigenvalue weighted by molar-refractivity contribution is -0.134. The minimum absolute atomic E-state index is 0.0261. The van der Waals surface area contributed by atoms with Crippen molar-refractivity contribution in [1.29, 1.82) is 0 Å². The summed E-state index contributed by atoms with van der Waals surface area (Å²) in [5.41, 5.74) is -0.427. The highest BCUT2D eigenvalue weighted by atomic mass is 16.5. The predicted molar refractivity (Wildman–Crippen MR) is 139 cm³/mol. The Morgan fingerprint density at radius 3 is 2.72 bits per heavy atom. The van der Waals surface area contributed by atoms with Gasteiger partial charge in [-0.1, -0.05) is 17.7 Å². The Morgan fingerprint density at radius 1 is 1.23 bits per heavy atom. The number of rotatable bonds is 11. The molecule has 2 aromatic heterocycles. The third-order valence-corrected chi connectivity index (χ3v) is 7.32. The van der Waals surface area contributed by atoms with Crippen LogP contribution in [0.15, 0.2) is 41.5 Å². The topological polar surface area (TPSA) is 166 Å². The fraction of sp³-hybridized carbons (Fsp3) is 0.500. The van der Waals surface area contributed by atoms with Crippen LogP contribution < -0.4 is 21.5 Å². The van der Waals surface area contributed by atoms with Crippen LogP contribution >= 0.6 is 0 Å². The molecular weight excluding hydrogens is 506 g/mol. The molecular formula is C26H33N7O6. The van der Waals surface area contributed by atoms with Gasteiger partial charge in [0, 0.05) is 25.4 Å². The molecule has 4 atom stereocenters. The number of aryl methyl sites for hydroxylation is 1. The number of ether oxygens (including phenoxy) is 1. The van der Waals surface area contributed by atoms with Gasteiger partial charge in [-0.2, -0.15) is 0 Å². The van der Waals surface area contributed by atoms with Crippen molar-refractivity contribution in [1.82, 2.24) is 30.2 Å². The maximum Gasteiger partial charge on any atom is 0.330 e. The average molecular weight is 540 g/mol. The number of esters is 1. The van der Waals surface area contributed by atoms with Gasteiger partial charge in [-0.05, 0) is 56.1 Å². The van der Waals surface area contributed by atoms with E-state index in [1.807, 2.05) is 0 Å². The first-order chi connectivity index (χ1) is 18.7. The largest absolute Gasteiger partial charge is 0.466 e. The zero-order chi connectivity index (χ0) is 27.9. The van der Waals surface area contributed by atoms with Crippen LogP contribution in [0.4, 0.5) is 5.69 Å². The van der Waals surface area contributed by atoms with Crippen LogP contribution in [0.3, 0.4) is 0 Å². The van der Waals surface area contributed by atoms with Crippen molar-refractivity contribution in [3.8, 4) is 0 Å². The Kier molecular flexibility index (Phi) is 8.89. The van der Waals surface area contributed by atoms with Crippen molar-refractivity contribution in [3.63, 3.8) is 0 Å². The van der Waals surface area contributed by atoms with Gasteiger partial charge >= 0.3 is 5.97 Å². The number of carbonyl (C=O) groups is 4. The van der Waals surface area contributed by atoms with Crippen LogP contribution in [0.25, 0.3) is 0 Å². The number of aromatic nitrogens is 4. The second kappa shape index (κ2) is 12.5. The highest BCUT2D eigenvalue weighted by Gasteiger charge is 2.40. The number of pyridine rings is 1. The third-order valence-electron chi connectivity index (χ3n) is 7.32. The van der Waals surface area contributed by atoms with Gasteiger partial charge in [0.15, 0.2) is 0 Å². The molecule has 4 rings (SSSR count). The van der Waals surface area contributed by atoms with E-state index in [0.29, 0.717) is 11.8 Å². The Hall–Kier alpha value is -4.29. The number of anilines is 1. The molecule has 208 valence electrons. The van der Waals surface area contributed by atoms with E-state index in [0.717, 1.165) is 19.3 Å². The lowest BCUT2D eigenvalue weighted by Gasteiger charge is -2.23. The molecule has 13 nitrogen and oxygen atoms in total. The number of carbonyl (C=O) groups excluding carboxylic acids is 4. The molecule has 2 aliphatic carbocycles. The van der Waals surface area contributed by atoms with E-state index in [-0.39, 0.29) is 42.7 Å². The van der Waals surface area contributed by atoms with Crippen molar-refractivity contribution in [3.05, 3.63) is 52.7 Å². The number of allylic oxidation sites excluding steroid dienone is 1. The Balaban J connectivity index is 1.41. The number of nitrogens with one attached hydrogen (secondary N) is 3. The molecule has 3 amide bonds. The molecule has 2 saturated carbocycles. The highest BCUT2D eigenvalue weighted by Crippen LogP contribution is 2.44. The molecule has 39 heavy (non-hydrogen) atoms. The molecule has 0 saturated heterocycles. The summed E-state index contributed by atoms with van der Waals surface area (Å²) >= 11 is 0. The molecule has 3 N–H and O–H groups in total. The molecule has 0 unspecified atom stereocenters. The van der Waals surface area contributed by atoms with Crippen molar-refractivity contribution >= 4 is 29.4 Å². The molecule has 2 heterocycles. The second-order valence-electron chi connectivity index (χ2n) is 9.96. The van der Waals surface area contributed by atoms with Gasteiger partial charge in [0.05, 0.1) is 13.3 Å². The first-order valence-corrected chi connectivity index (χ1v) is 12.9. The summed E-state index contributed by atoms with van der Waals surface area (Å²) in [4.78, 5) is 62.9. The summed E-state index contributed by atoms with van der Waals surface area (Å²) in [6, 6.07) is 2.10. The molecule has 2 bridgehead atoms. The van der Waals surface area contributed by atoms with E-state index >= 15 is 0 Å². The first-order valence-electron chi connectivity index (χ1n) is 12.9. The van der Waals surface area contributed by atoms with Gasteiger partial charge in [0.25, 0.3) is 11.5 Å². The quantitative estimate of drug-likeness (QED) is 0.275. The van der Waals surface area contributed by atoms with Gasteiger partial charge < -0.3 is 25.3 Å². The lowest BCUT2D eigenvalue weighted by Crippen LogP contribution is -2.45. The van der Waals surface area contributed by atoms with E-state index in [1.165, 1.54) is 60.4 Å². The Bertz CT molecular complexity index is 1320. The number of methoxy groups -OCH3 is 1. The van der Waals surface area contributed by atoms with Crippen molar-refractivity contribution in [2.24, 2.45) is 18.9 Å². The zero-order valence-electron chi connectivity index (χ0n) is 22.0. The molecule has 0 aromatic carbocycles. The molecule has 2 fully saturated rings. The number of hydrogen-bond acceptors (Lipinski definition) is 8. The van der Waals surface area contributed by atoms with E-state index in [1.54, 1.807) is 6.07 Å². The van der Waals surface area contributed by atoms with Gasteiger partial charge in [-0.3, -0.25) is 19.2 Å². The van der Waals surface area contributed by atoms with Crippen molar-refractivity contribution in [2.45, 2.75) is 57.2 Å². The molecule has 2 aromatic rings. The smallest absolute Gasteiger partial charge is 0.330 e. The number of amides is 3. The van der Waals surface area contributed by atoms with Gasteiger partial charge in [-0.25, -0.2) is 9.48 Å². The third kappa shape index (κ3) is 6.98. The SMILES string of the molecule is COC(=O)/C=C/CC[C@H](NC(=O)c1cnnn1C)C(=O)Nc1cccn(CC(=O)N[C@@H]2C[C@H]3CC[C@@H]2C3)c1=O. The number of hydrogen-bond donors (Lipinski definition) is 3. The summed E-state index contributed by atoms with van der Waals surface area (Å²) in [6.07, 6.45) is 10.4. The van der Waals surface area contributed by atoms with Crippen LogP contribution in [0.2, 0.25) is 0 Å². The van der Waals surface area contributed by atoms with E-state index in [4.69, 9.17) is 0 Å². The summed E-state index contributed by atoms with van der Waals surface area (Å²) in [5.74, 6) is -0.813. The van der Waals surface area contributed by atoms with Gasteiger partial charge in [0.2, 0.25) is 11.8 Å². The summed E-state index contributed by atoms with van der Waals surface area (Å²) < 4.78 is 7.06. The standard InChI is InChI=1S/C26H33N7O6/c1-32-21(14-27-31-32)25(37)29-18(6-3-4-8-23(35)39-2)24(36)30-19-7-5-11-33(26(19)38)15-22(34)28-20-13-16-9-10-17(20)12-16/h4-5,7-8,11,14,16-18,20H,3,6,9-10,12-13,15H2,1-2H3,(H,28,34)(H,29,37)(H,30,36)/b8-4+/t16-,17+,18-,20+/m0/s1. The van der Waals surface area contributed by atoms with Crippen LogP contribution in [-0.2, 0) is 32.7 Å². The Labute approximate surface area is 225 Å². The van der Waals surface area contributed by atoms with Crippen LogP contribution in [-0.4, -0.2) is 62.4 Å². The predicted octanol–water partition coefficient (Wildman–Crippen LogP) is 0.528. The Morgan fingerprint density at radius 2 is 2.05 bits per heavy atom. The highest BCUT2D eigenvalue weighted by molar-refractivity contribution is 6.00. The average Bonchev–Trinajstić information content (AvgIpc) is 3.65. The van der Waals surface area contributed by atoms with Gasteiger partial charge in [0.1, 0.15) is 24.0 Å². The lowest BCUT2D eigenvalue weighted by atomic mass is 9.95. The van der Waals surface area contributed by atoms with Crippen LogP contribution in [0, 0.1) is 11.8 Å². The molecule has 13 heteroatoms. The monoisotopic (exact) mass is 539 g/mol. The second-order valence-corrected chi connectivity index (χ2v) is 9.96. The summed E-state index contributed by atoms with van der Waals surface area (Å²) in [5, 5.41) is 15.6. The van der Waals surface area contributed by atoms with Crippen LogP contribution in [0.5, 0.6) is 0 Å². The van der Waals surface area contributed by atoms with E-state index in [9.17, 15) is 24.0 Å². The minimum Gasteiger partial charge on any atom is -0.466 e. The molecule has 0 spiro atoms. The zero-order valence-corrected chi connectivity index (χ0v) is 22.0. The molecule has 0 aliphatic heterocycles. The summed E-state index contributed by atoms with van der Waals surface area (Å²) in [7, 11) is 2.79. The van der Waals surface area contributed by atoms with E-state index < -0.39 is 29.4 Å². The maximum atomic E-state index is 13.2.